The number of alkyl halides is 1. The van der Waals surface area contributed by atoms with Crippen molar-refractivity contribution in [2.45, 2.75) is 89.2 Å². The standard InChI is InChI=1S/C27H35FN4O4/c1-19(2)30-24(34)26-8-11-27(12-9-26,13-10-26)32(25(35)36-18-20-6-4-3-5-7-20)17-23(33)31-16-21(28)14-22(31)15-29/h3-7,19,21-22H,8-14,16-18H2,1-2H3,(H,30,34)/t21-,22-,26?,27?/m0/s1. The highest BCUT2D eigenvalue weighted by Crippen LogP contribution is 2.55. The Balaban J connectivity index is 1.52. The number of likely N-dealkylation sites (tertiary alicyclic amines) is 1. The molecule has 194 valence electrons. The SMILES string of the molecule is CC(C)NC(=O)C12CCC(N(CC(=O)N3C[C@@H](F)C[C@H]3C#N)C(=O)OCc3ccccc3)(CC1)CC2. The van der Waals surface area contributed by atoms with E-state index in [1.54, 1.807) is 0 Å². The van der Waals surface area contributed by atoms with Crippen LogP contribution in [-0.2, 0) is 20.9 Å². The zero-order valence-electron chi connectivity index (χ0n) is 21.0. The third-order valence-electron chi connectivity index (χ3n) is 8.12. The predicted molar refractivity (Wildman–Crippen MR) is 130 cm³/mol. The van der Waals surface area contributed by atoms with E-state index in [-0.39, 0.29) is 38.1 Å². The maximum Gasteiger partial charge on any atom is 0.411 e. The van der Waals surface area contributed by atoms with Crippen LogP contribution in [0.3, 0.4) is 0 Å². The molecular weight excluding hydrogens is 463 g/mol. The van der Waals surface area contributed by atoms with Gasteiger partial charge >= 0.3 is 6.09 Å². The summed E-state index contributed by atoms with van der Waals surface area (Å²) in [6.45, 7) is 3.53. The number of nitrogens with one attached hydrogen (secondary N) is 1. The molecule has 5 rings (SSSR count). The fraction of sp³-hybridized carbons (Fsp3) is 0.630. The summed E-state index contributed by atoms with van der Waals surface area (Å²) in [5, 5.41) is 12.4. The molecule has 1 saturated heterocycles. The van der Waals surface area contributed by atoms with Crippen LogP contribution in [0.5, 0.6) is 0 Å². The third-order valence-corrected chi connectivity index (χ3v) is 8.12. The lowest BCUT2D eigenvalue weighted by Crippen LogP contribution is -2.63. The van der Waals surface area contributed by atoms with Gasteiger partial charge in [0.2, 0.25) is 11.8 Å². The summed E-state index contributed by atoms with van der Waals surface area (Å²) in [6, 6.07) is 10.5. The van der Waals surface area contributed by atoms with Crippen LogP contribution in [0.2, 0.25) is 0 Å². The largest absolute Gasteiger partial charge is 0.445 e. The smallest absolute Gasteiger partial charge is 0.411 e. The fourth-order valence-corrected chi connectivity index (χ4v) is 5.96. The Morgan fingerprint density at radius 1 is 1.17 bits per heavy atom. The van der Waals surface area contributed by atoms with Crippen LogP contribution < -0.4 is 5.32 Å². The van der Waals surface area contributed by atoms with Gasteiger partial charge in [-0.1, -0.05) is 30.3 Å². The monoisotopic (exact) mass is 498 g/mol. The minimum absolute atomic E-state index is 0.0146. The number of benzene rings is 1. The van der Waals surface area contributed by atoms with Crippen LogP contribution in [0, 0.1) is 16.7 Å². The van der Waals surface area contributed by atoms with Crippen LogP contribution in [-0.4, -0.2) is 64.6 Å². The number of hydrogen-bond donors (Lipinski definition) is 1. The van der Waals surface area contributed by atoms with Crippen LogP contribution in [0.1, 0.15) is 64.4 Å². The summed E-state index contributed by atoms with van der Waals surface area (Å²) in [4.78, 5) is 42.4. The first kappa shape index (κ1) is 25.9. The first-order valence-corrected chi connectivity index (χ1v) is 12.8. The van der Waals surface area contributed by atoms with Gasteiger partial charge in [-0.25, -0.2) is 9.18 Å². The van der Waals surface area contributed by atoms with Crippen molar-refractivity contribution >= 4 is 17.9 Å². The number of halogens is 1. The van der Waals surface area contributed by atoms with E-state index in [0.29, 0.717) is 38.5 Å². The number of hydrogen-bond acceptors (Lipinski definition) is 5. The topological polar surface area (TPSA) is 103 Å². The van der Waals surface area contributed by atoms with Crippen molar-refractivity contribution < 1.29 is 23.5 Å². The first-order valence-electron chi connectivity index (χ1n) is 12.8. The van der Waals surface area contributed by atoms with Crippen molar-refractivity contribution in [2.24, 2.45) is 5.41 Å². The van der Waals surface area contributed by atoms with Gasteiger partial charge in [0.25, 0.3) is 0 Å². The summed E-state index contributed by atoms with van der Waals surface area (Å²) in [7, 11) is 0. The zero-order chi connectivity index (χ0) is 25.9. The molecule has 36 heavy (non-hydrogen) atoms. The number of rotatable bonds is 7. The lowest BCUT2D eigenvalue weighted by Gasteiger charge is -2.56. The molecular formula is C27H35FN4O4. The number of amides is 3. The van der Waals surface area contributed by atoms with E-state index in [0.717, 1.165) is 5.56 Å². The lowest BCUT2D eigenvalue weighted by atomic mass is 9.56. The molecule has 4 aliphatic rings. The number of carbonyl (C=O) groups is 3. The Hall–Kier alpha value is -3.15. The number of carbonyl (C=O) groups excluding carboxylic acids is 3. The molecule has 1 heterocycles. The van der Waals surface area contributed by atoms with E-state index in [1.807, 2.05) is 50.2 Å². The van der Waals surface area contributed by atoms with Gasteiger partial charge in [-0.3, -0.25) is 14.5 Å². The summed E-state index contributed by atoms with van der Waals surface area (Å²) < 4.78 is 19.6. The van der Waals surface area contributed by atoms with E-state index >= 15 is 0 Å². The van der Waals surface area contributed by atoms with Crippen molar-refractivity contribution in [3.63, 3.8) is 0 Å². The molecule has 3 amide bonds. The van der Waals surface area contributed by atoms with Crippen LogP contribution in [0.25, 0.3) is 0 Å². The number of nitrogens with zero attached hydrogens (tertiary/aromatic N) is 3. The molecule has 0 radical (unpaired) electrons. The van der Waals surface area contributed by atoms with Gasteiger partial charge in [0.15, 0.2) is 0 Å². The van der Waals surface area contributed by atoms with E-state index < -0.39 is 35.2 Å². The van der Waals surface area contributed by atoms with Crippen molar-refractivity contribution in [1.82, 2.24) is 15.1 Å². The quantitative estimate of drug-likeness (QED) is 0.618. The Kier molecular flexibility index (Phi) is 7.53. The number of fused-ring (bicyclic) bond motifs is 3. The second-order valence-electron chi connectivity index (χ2n) is 10.8. The Morgan fingerprint density at radius 3 is 2.39 bits per heavy atom. The van der Waals surface area contributed by atoms with Gasteiger partial charge in [0.1, 0.15) is 25.4 Å². The second kappa shape index (κ2) is 10.5. The molecule has 1 aromatic rings. The number of nitriles is 1. The molecule has 1 N–H and O–H groups in total. The van der Waals surface area contributed by atoms with Crippen molar-refractivity contribution in [2.75, 3.05) is 13.1 Å². The highest BCUT2D eigenvalue weighted by atomic mass is 19.1. The van der Waals surface area contributed by atoms with Crippen LogP contribution in [0.4, 0.5) is 9.18 Å². The summed E-state index contributed by atoms with van der Waals surface area (Å²) in [5.41, 5.74) is -0.228. The van der Waals surface area contributed by atoms with E-state index in [1.165, 1.54) is 9.80 Å². The molecule has 8 nitrogen and oxygen atoms in total. The maximum atomic E-state index is 14.0. The third kappa shape index (κ3) is 5.18. The lowest BCUT2D eigenvalue weighted by molar-refractivity contribution is -0.145. The van der Waals surface area contributed by atoms with Gasteiger partial charge in [-0.05, 0) is 57.9 Å². The minimum atomic E-state index is -1.25. The molecule has 1 aliphatic heterocycles. The van der Waals surface area contributed by atoms with Gasteiger partial charge in [-0.2, -0.15) is 5.26 Å². The molecule has 4 fully saturated rings. The molecule has 0 unspecified atom stereocenters. The van der Waals surface area contributed by atoms with Gasteiger partial charge in [0, 0.05) is 23.4 Å². The molecule has 1 aromatic carbocycles. The average Bonchev–Trinajstić information content (AvgIpc) is 3.27. The van der Waals surface area contributed by atoms with Crippen LogP contribution >= 0.6 is 0 Å². The summed E-state index contributed by atoms with van der Waals surface area (Å²) in [5.74, 6) is -0.393. The number of ether oxygens (including phenoxy) is 1. The predicted octanol–water partition coefficient (Wildman–Crippen LogP) is 3.71. The molecule has 0 spiro atoms. The molecule has 3 saturated carbocycles. The molecule has 3 aliphatic carbocycles. The fourth-order valence-electron chi connectivity index (χ4n) is 5.96. The normalized spacial score (nSPS) is 29.0. The van der Waals surface area contributed by atoms with E-state index in [9.17, 15) is 24.0 Å². The first-order chi connectivity index (χ1) is 17.2. The van der Waals surface area contributed by atoms with Crippen molar-refractivity contribution in [3.05, 3.63) is 35.9 Å². The van der Waals surface area contributed by atoms with E-state index in [4.69, 9.17) is 4.74 Å². The highest BCUT2D eigenvalue weighted by molar-refractivity contribution is 5.85. The molecule has 2 bridgehead atoms. The van der Waals surface area contributed by atoms with Crippen molar-refractivity contribution in [1.29, 1.82) is 5.26 Å². The average molecular weight is 499 g/mol. The minimum Gasteiger partial charge on any atom is -0.445 e. The van der Waals surface area contributed by atoms with Gasteiger partial charge in [0.05, 0.1) is 12.6 Å². The summed E-state index contributed by atoms with van der Waals surface area (Å²) in [6.07, 6.45) is 1.76. The Bertz CT molecular complexity index is 1000. The molecule has 0 aromatic heterocycles. The van der Waals surface area contributed by atoms with Gasteiger partial charge in [-0.15, -0.1) is 0 Å². The highest BCUT2D eigenvalue weighted by Gasteiger charge is 2.56. The Morgan fingerprint density at radius 2 is 1.81 bits per heavy atom. The van der Waals surface area contributed by atoms with Gasteiger partial charge < -0.3 is 15.0 Å². The summed E-state index contributed by atoms with van der Waals surface area (Å²) >= 11 is 0. The van der Waals surface area contributed by atoms with E-state index in [2.05, 4.69) is 5.32 Å². The zero-order valence-corrected chi connectivity index (χ0v) is 21.0. The van der Waals surface area contributed by atoms with Crippen molar-refractivity contribution in [3.8, 4) is 6.07 Å². The molecule has 9 heteroatoms. The van der Waals surface area contributed by atoms with Crippen LogP contribution in [0.15, 0.2) is 30.3 Å². The Labute approximate surface area is 211 Å². The second-order valence-corrected chi connectivity index (χ2v) is 10.8. The maximum absolute atomic E-state index is 14.0. The molecule has 2 atom stereocenters.